The number of fused-ring (bicyclic) bond motifs is 1. The van der Waals surface area contributed by atoms with Crippen LogP contribution in [0.3, 0.4) is 0 Å². The minimum Gasteiger partial charge on any atom is -0.497 e. The van der Waals surface area contributed by atoms with E-state index < -0.39 is 0 Å². The molecule has 0 aliphatic rings. The molecule has 0 unspecified atom stereocenters. The van der Waals surface area contributed by atoms with Gasteiger partial charge in [-0.05, 0) is 23.3 Å². The summed E-state index contributed by atoms with van der Waals surface area (Å²) in [6.45, 7) is 0. The van der Waals surface area contributed by atoms with Gasteiger partial charge in [0.05, 0.1) is 13.3 Å². The fourth-order valence-electron chi connectivity index (χ4n) is 2.76. The zero-order valence-electron chi connectivity index (χ0n) is 13.2. The summed E-state index contributed by atoms with van der Waals surface area (Å²) in [7, 11) is 1.64. The third kappa shape index (κ3) is 2.27. The molecule has 2 N–H and O–H groups in total. The number of benzene rings is 2. The molecule has 2 aromatic heterocycles. The molecule has 2 heterocycles. The summed E-state index contributed by atoms with van der Waals surface area (Å²) in [5, 5.41) is 4.42. The molecule has 0 aliphatic carbocycles. The maximum absolute atomic E-state index is 6.34. The van der Waals surface area contributed by atoms with E-state index in [2.05, 4.69) is 10.1 Å². The van der Waals surface area contributed by atoms with Gasteiger partial charge in [-0.25, -0.2) is 4.98 Å². The molecule has 0 amide bonds. The smallest absolute Gasteiger partial charge is 0.165 e. The van der Waals surface area contributed by atoms with Gasteiger partial charge in [0.15, 0.2) is 5.65 Å². The highest BCUT2D eigenvalue weighted by molar-refractivity contribution is 5.82. The highest BCUT2D eigenvalue weighted by atomic mass is 16.5. The molecular weight excluding hydrogens is 300 g/mol. The van der Waals surface area contributed by atoms with Crippen molar-refractivity contribution in [3.05, 3.63) is 67.0 Å². The Morgan fingerprint density at radius 1 is 0.875 bits per heavy atom. The van der Waals surface area contributed by atoms with E-state index in [0.717, 1.165) is 33.7 Å². The van der Waals surface area contributed by atoms with E-state index >= 15 is 0 Å². The molecule has 4 aromatic rings. The number of nitrogen functional groups attached to an aromatic ring is 1. The van der Waals surface area contributed by atoms with Gasteiger partial charge in [-0.15, -0.1) is 0 Å². The van der Waals surface area contributed by atoms with Crippen LogP contribution in [0, 0.1) is 0 Å². The Morgan fingerprint density at radius 2 is 1.58 bits per heavy atom. The van der Waals surface area contributed by atoms with Crippen LogP contribution < -0.4 is 10.5 Å². The number of anilines is 1. The first kappa shape index (κ1) is 14.3. The largest absolute Gasteiger partial charge is 0.497 e. The summed E-state index contributed by atoms with van der Waals surface area (Å²) in [4.78, 5) is 4.59. The standard InChI is InChI=1S/C19H16N4O/c1-24-15-9-7-14(8-10-15)16-11-21-19-17(12-22-23(19)18(16)20)13-5-3-2-4-6-13/h2-12H,20H2,1H3. The highest BCUT2D eigenvalue weighted by Crippen LogP contribution is 2.30. The third-order valence-corrected chi connectivity index (χ3v) is 4.05. The second-order valence-electron chi connectivity index (χ2n) is 5.45. The molecule has 0 radical (unpaired) electrons. The van der Waals surface area contributed by atoms with Crippen LogP contribution in [0.25, 0.3) is 27.9 Å². The molecule has 0 bridgehead atoms. The van der Waals surface area contributed by atoms with Gasteiger partial charge in [0.25, 0.3) is 0 Å². The maximum Gasteiger partial charge on any atom is 0.165 e. The summed E-state index contributed by atoms with van der Waals surface area (Å²) < 4.78 is 6.88. The van der Waals surface area contributed by atoms with E-state index in [-0.39, 0.29) is 0 Å². The summed E-state index contributed by atoms with van der Waals surface area (Å²) >= 11 is 0. The van der Waals surface area contributed by atoms with Gasteiger partial charge in [0, 0.05) is 17.3 Å². The fourth-order valence-corrected chi connectivity index (χ4v) is 2.76. The van der Waals surface area contributed by atoms with Gasteiger partial charge in [-0.2, -0.15) is 9.61 Å². The molecule has 5 nitrogen and oxygen atoms in total. The first-order valence-electron chi connectivity index (χ1n) is 7.60. The van der Waals surface area contributed by atoms with Crippen LogP contribution in [0.1, 0.15) is 0 Å². The van der Waals surface area contributed by atoms with Gasteiger partial charge in [0.2, 0.25) is 0 Å². The second kappa shape index (κ2) is 5.70. The lowest BCUT2D eigenvalue weighted by atomic mass is 10.1. The molecule has 118 valence electrons. The Balaban J connectivity index is 1.84. The molecule has 2 aromatic carbocycles. The minimum absolute atomic E-state index is 0.562. The molecule has 0 saturated carbocycles. The van der Waals surface area contributed by atoms with Crippen LogP contribution in [0.15, 0.2) is 67.0 Å². The number of hydrogen-bond donors (Lipinski definition) is 1. The van der Waals surface area contributed by atoms with E-state index in [9.17, 15) is 0 Å². The van der Waals surface area contributed by atoms with Crippen LogP contribution in [0.4, 0.5) is 5.82 Å². The molecule has 0 spiro atoms. The van der Waals surface area contributed by atoms with Crippen LogP contribution in [-0.4, -0.2) is 21.7 Å². The first-order valence-corrected chi connectivity index (χ1v) is 7.60. The van der Waals surface area contributed by atoms with Crippen LogP contribution >= 0.6 is 0 Å². The van der Waals surface area contributed by atoms with Gasteiger partial charge in [-0.1, -0.05) is 42.5 Å². The Bertz CT molecular complexity index is 991. The zero-order chi connectivity index (χ0) is 16.5. The topological polar surface area (TPSA) is 65.4 Å². The molecule has 4 rings (SSSR count). The van der Waals surface area contributed by atoms with E-state index in [0.29, 0.717) is 5.82 Å². The van der Waals surface area contributed by atoms with Crippen molar-refractivity contribution in [1.82, 2.24) is 14.6 Å². The average molecular weight is 316 g/mol. The van der Waals surface area contributed by atoms with Gasteiger partial charge in [-0.3, -0.25) is 0 Å². The predicted octanol–water partition coefficient (Wildman–Crippen LogP) is 3.65. The molecule has 0 atom stereocenters. The summed E-state index contributed by atoms with van der Waals surface area (Å²) in [6, 6.07) is 17.8. The van der Waals surface area contributed by atoms with Gasteiger partial charge in [0.1, 0.15) is 11.6 Å². The average Bonchev–Trinajstić information content (AvgIpc) is 3.08. The number of aromatic nitrogens is 3. The lowest BCUT2D eigenvalue weighted by molar-refractivity contribution is 0.415. The molecular formula is C19H16N4O. The maximum atomic E-state index is 6.34. The Morgan fingerprint density at radius 3 is 2.29 bits per heavy atom. The van der Waals surface area contributed by atoms with Crippen molar-refractivity contribution in [3.8, 4) is 28.0 Å². The minimum atomic E-state index is 0.562. The van der Waals surface area contributed by atoms with E-state index in [1.54, 1.807) is 24.0 Å². The van der Waals surface area contributed by atoms with E-state index in [1.165, 1.54) is 0 Å². The SMILES string of the molecule is COc1ccc(-c2cnc3c(-c4ccccc4)cnn3c2N)cc1. The van der Waals surface area contributed by atoms with Crippen molar-refractivity contribution < 1.29 is 4.74 Å². The molecule has 5 heteroatoms. The molecule has 0 aliphatic heterocycles. The number of nitrogens with zero attached hydrogens (tertiary/aromatic N) is 3. The Labute approximate surface area is 139 Å². The normalized spacial score (nSPS) is 10.9. The van der Waals surface area contributed by atoms with Gasteiger partial charge < -0.3 is 10.5 Å². The zero-order valence-corrected chi connectivity index (χ0v) is 13.2. The first-order chi connectivity index (χ1) is 11.8. The van der Waals surface area contributed by atoms with Gasteiger partial charge >= 0.3 is 0 Å². The third-order valence-electron chi connectivity index (χ3n) is 4.05. The number of methoxy groups -OCH3 is 1. The second-order valence-corrected chi connectivity index (χ2v) is 5.45. The molecule has 24 heavy (non-hydrogen) atoms. The quantitative estimate of drug-likeness (QED) is 0.626. The molecule has 0 fully saturated rings. The lowest BCUT2D eigenvalue weighted by Gasteiger charge is -2.08. The van der Waals surface area contributed by atoms with Crippen molar-refractivity contribution >= 4 is 11.5 Å². The number of ether oxygens (including phenoxy) is 1. The summed E-state index contributed by atoms with van der Waals surface area (Å²) in [5.41, 5.74) is 10.9. The van der Waals surface area contributed by atoms with Crippen LogP contribution in [-0.2, 0) is 0 Å². The fraction of sp³-hybridized carbons (Fsp3) is 0.0526. The lowest BCUT2D eigenvalue weighted by Crippen LogP contribution is -2.02. The summed E-state index contributed by atoms with van der Waals surface area (Å²) in [5.74, 6) is 1.36. The van der Waals surface area contributed by atoms with E-state index in [1.807, 2.05) is 54.6 Å². The van der Waals surface area contributed by atoms with Crippen molar-refractivity contribution in [2.45, 2.75) is 0 Å². The highest BCUT2D eigenvalue weighted by Gasteiger charge is 2.13. The number of nitrogens with two attached hydrogens (primary N) is 1. The van der Waals surface area contributed by atoms with E-state index in [4.69, 9.17) is 10.5 Å². The van der Waals surface area contributed by atoms with Crippen molar-refractivity contribution in [2.24, 2.45) is 0 Å². The monoisotopic (exact) mass is 316 g/mol. The van der Waals surface area contributed by atoms with Crippen LogP contribution in [0.5, 0.6) is 5.75 Å². The van der Waals surface area contributed by atoms with Crippen molar-refractivity contribution in [1.29, 1.82) is 0 Å². The predicted molar refractivity (Wildman–Crippen MR) is 94.8 cm³/mol. The summed E-state index contributed by atoms with van der Waals surface area (Å²) in [6.07, 6.45) is 3.59. The van der Waals surface area contributed by atoms with Crippen molar-refractivity contribution in [2.75, 3.05) is 12.8 Å². The van der Waals surface area contributed by atoms with Crippen LogP contribution in [0.2, 0.25) is 0 Å². The Hall–Kier alpha value is -3.34. The molecule has 0 saturated heterocycles. The Kier molecular flexibility index (Phi) is 3.39. The van der Waals surface area contributed by atoms with Crippen molar-refractivity contribution in [3.63, 3.8) is 0 Å². The number of hydrogen-bond acceptors (Lipinski definition) is 4. The number of rotatable bonds is 3.